The van der Waals surface area contributed by atoms with E-state index >= 15 is 0 Å². The molecule has 0 radical (unpaired) electrons. The van der Waals surface area contributed by atoms with Gasteiger partial charge in [0.1, 0.15) is 11.1 Å². The molecular formula is C9H11NO4S. The Morgan fingerprint density at radius 3 is 2.53 bits per heavy atom. The van der Waals surface area contributed by atoms with Crippen LogP contribution >= 0.6 is 12.0 Å². The van der Waals surface area contributed by atoms with Crippen LogP contribution in [0.4, 0.5) is 0 Å². The van der Waals surface area contributed by atoms with Gasteiger partial charge in [0.2, 0.25) is 0 Å². The largest absolute Gasteiger partial charge is 0.482 e. The van der Waals surface area contributed by atoms with Gasteiger partial charge in [-0.3, -0.25) is 0 Å². The molecule has 15 heavy (non-hydrogen) atoms. The van der Waals surface area contributed by atoms with E-state index in [1.165, 1.54) is 0 Å². The van der Waals surface area contributed by atoms with Gasteiger partial charge in [-0.2, -0.15) is 0 Å². The average Bonchev–Trinajstić information content (AvgIpc) is 2.26. The van der Waals surface area contributed by atoms with Crippen molar-refractivity contribution in [3.63, 3.8) is 0 Å². The fourth-order valence-corrected chi connectivity index (χ4v) is 1.24. The van der Waals surface area contributed by atoms with Crippen molar-refractivity contribution in [3.05, 3.63) is 29.8 Å². The van der Waals surface area contributed by atoms with E-state index in [0.717, 1.165) is 5.56 Å². The second-order valence-electron chi connectivity index (χ2n) is 2.78. The van der Waals surface area contributed by atoms with Crippen molar-refractivity contribution in [1.29, 1.82) is 0 Å². The maximum atomic E-state index is 10.2. The average molecular weight is 229 g/mol. The van der Waals surface area contributed by atoms with E-state index in [9.17, 15) is 4.79 Å². The van der Waals surface area contributed by atoms with Crippen LogP contribution in [0.5, 0.6) is 5.75 Å². The molecule has 0 saturated heterocycles. The second-order valence-corrected chi connectivity index (χ2v) is 3.50. The van der Waals surface area contributed by atoms with Gasteiger partial charge in [-0.05, 0) is 17.7 Å². The summed E-state index contributed by atoms with van der Waals surface area (Å²) in [5.41, 5.74) is 6.29. The summed E-state index contributed by atoms with van der Waals surface area (Å²) >= 11 is 0.545. The molecule has 0 aliphatic heterocycles. The number of ether oxygens (including phenoxy) is 1. The molecule has 4 N–H and O–H groups in total. The number of carboxylic acids is 1. The van der Waals surface area contributed by atoms with Crippen LogP contribution in [0, 0.1) is 0 Å². The second kappa shape index (κ2) is 5.59. The lowest BCUT2D eigenvalue weighted by molar-refractivity contribution is -0.139. The van der Waals surface area contributed by atoms with E-state index < -0.39 is 11.3 Å². The van der Waals surface area contributed by atoms with Gasteiger partial charge in [-0.25, -0.2) is 4.79 Å². The van der Waals surface area contributed by atoms with E-state index in [4.69, 9.17) is 20.1 Å². The molecular weight excluding hydrogens is 218 g/mol. The zero-order valence-corrected chi connectivity index (χ0v) is 8.61. The normalized spacial score (nSPS) is 12.1. The topological polar surface area (TPSA) is 92.8 Å². The number of aliphatic carboxylic acids is 1. The third kappa shape index (κ3) is 3.78. The molecule has 0 aliphatic rings. The quantitative estimate of drug-likeness (QED) is 0.520. The Balaban J connectivity index is 2.60. The summed E-state index contributed by atoms with van der Waals surface area (Å²) in [5.74, 6) is -0.571. The molecule has 0 heterocycles. The molecule has 5 nitrogen and oxygen atoms in total. The summed E-state index contributed by atoms with van der Waals surface area (Å²) in [6.45, 7) is -0.375. The highest BCUT2D eigenvalue weighted by molar-refractivity contribution is 7.93. The molecule has 1 unspecified atom stereocenters. The smallest absolute Gasteiger partial charge is 0.341 e. The van der Waals surface area contributed by atoms with Crippen LogP contribution in [0.1, 0.15) is 10.9 Å². The number of benzene rings is 1. The van der Waals surface area contributed by atoms with E-state index in [0.29, 0.717) is 17.8 Å². The third-order valence-electron chi connectivity index (χ3n) is 1.68. The lowest BCUT2D eigenvalue weighted by Gasteiger charge is -2.08. The molecule has 1 aromatic rings. The Labute approximate surface area is 91.1 Å². The first kappa shape index (κ1) is 11.8. The fourth-order valence-electron chi connectivity index (χ4n) is 0.960. The molecule has 1 rings (SSSR count). The maximum Gasteiger partial charge on any atom is 0.341 e. The van der Waals surface area contributed by atoms with Crippen molar-refractivity contribution in [2.75, 3.05) is 6.61 Å². The van der Waals surface area contributed by atoms with Gasteiger partial charge in [0.05, 0.1) is 0 Å². The number of nitrogens with two attached hydrogens (primary N) is 1. The Kier molecular flexibility index (Phi) is 4.41. The van der Waals surface area contributed by atoms with Crippen molar-refractivity contribution < 1.29 is 19.2 Å². The highest BCUT2D eigenvalue weighted by atomic mass is 32.2. The summed E-state index contributed by atoms with van der Waals surface area (Å²) in [5, 5.41) is 7.87. The van der Waals surface area contributed by atoms with Gasteiger partial charge in [-0.1, -0.05) is 12.1 Å². The molecule has 0 fully saturated rings. The Hall–Kier alpha value is -1.24. The number of carbonyl (C=O) groups is 1. The minimum atomic E-state index is -1.03. The van der Waals surface area contributed by atoms with Crippen molar-refractivity contribution in [3.8, 4) is 5.75 Å². The highest BCUT2D eigenvalue weighted by Gasteiger charge is 2.05. The van der Waals surface area contributed by atoms with Crippen LogP contribution in [-0.2, 0) is 4.79 Å². The predicted molar refractivity (Wildman–Crippen MR) is 56.7 cm³/mol. The van der Waals surface area contributed by atoms with Crippen LogP contribution in [-0.4, -0.2) is 22.2 Å². The van der Waals surface area contributed by atoms with E-state index in [2.05, 4.69) is 0 Å². The van der Waals surface area contributed by atoms with Crippen molar-refractivity contribution in [2.45, 2.75) is 5.37 Å². The van der Waals surface area contributed by atoms with Gasteiger partial charge >= 0.3 is 5.97 Å². The third-order valence-corrected chi connectivity index (χ3v) is 2.18. The first-order valence-electron chi connectivity index (χ1n) is 4.14. The number of hydrogen-bond donors (Lipinski definition) is 3. The number of carboxylic acid groups (broad SMARTS) is 1. The lowest BCUT2D eigenvalue weighted by Crippen LogP contribution is -2.09. The minimum absolute atomic E-state index is 0.375. The Bertz CT molecular complexity index is 327. The predicted octanol–water partition coefficient (Wildman–Crippen LogP) is 1.31. The van der Waals surface area contributed by atoms with Crippen LogP contribution in [0.2, 0.25) is 0 Å². The van der Waals surface area contributed by atoms with Gasteiger partial charge in [-0.15, -0.1) is 0 Å². The van der Waals surface area contributed by atoms with Gasteiger partial charge in [0.25, 0.3) is 0 Å². The molecule has 0 spiro atoms. The molecule has 0 aliphatic carbocycles. The number of rotatable bonds is 5. The van der Waals surface area contributed by atoms with Crippen LogP contribution in [0.25, 0.3) is 0 Å². The summed E-state index contributed by atoms with van der Waals surface area (Å²) in [6, 6.07) is 6.55. The summed E-state index contributed by atoms with van der Waals surface area (Å²) in [6.07, 6.45) is 0. The molecule has 0 aromatic heterocycles. The van der Waals surface area contributed by atoms with E-state index in [-0.39, 0.29) is 6.61 Å². The fraction of sp³-hybridized carbons (Fsp3) is 0.222. The van der Waals surface area contributed by atoms with Gasteiger partial charge in [0, 0.05) is 12.0 Å². The highest BCUT2D eigenvalue weighted by Crippen LogP contribution is 2.22. The van der Waals surface area contributed by atoms with Crippen LogP contribution in [0.3, 0.4) is 0 Å². The van der Waals surface area contributed by atoms with Gasteiger partial charge in [0.15, 0.2) is 6.61 Å². The van der Waals surface area contributed by atoms with E-state index in [1.807, 2.05) is 0 Å². The molecule has 0 amide bonds. The standard InChI is InChI=1S/C9H11NO4S/c10-9(15-13)6-1-3-7(4-2-6)14-5-8(11)12/h1-4,9,13H,5,10H2,(H,11,12). The SMILES string of the molecule is NC(SO)c1ccc(OCC(=O)O)cc1. The number of hydrogen-bond acceptors (Lipinski definition) is 5. The minimum Gasteiger partial charge on any atom is -0.482 e. The van der Waals surface area contributed by atoms with Crippen molar-refractivity contribution in [1.82, 2.24) is 0 Å². The lowest BCUT2D eigenvalue weighted by atomic mass is 10.2. The van der Waals surface area contributed by atoms with Crippen LogP contribution in [0.15, 0.2) is 24.3 Å². The summed E-state index contributed by atoms with van der Waals surface area (Å²) < 4.78 is 13.6. The summed E-state index contributed by atoms with van der Waals surface area (Å²) in [4.78, 5) is 10.2. The molecule has 6 heteroatoms. The first-order valence-corrected chi connectivity index (χ1v) is 4.97. The van der Waals surface area contributed by atoms with Crippen LogP contribution < -0.4 is 10.5 Å². The molecule has 1 aromatic carbocycles. The van der Waals surface area contributed by atoms with Crippen molar-refractivity contribution >= 4 is 18.0 Å². The van der Waals surface area contributed by atoms with Gasteiger partial charge < -0.3 is 20.1 Å². The zero-order valence-electron chi connectivity index (χ0n) is 7.79. The molecule has 0 saturated carbocycles. The molecule has 0 bridgehead atoms. The first-order chi connectivity index (χ1) is 7.13. The van der Waals surface area contributed by atoms with Crippen molar-refractivity contribution in [2.24, 2.45) is 5.73 Å². The molecule has 1 atom stereocenters. The van der Waals surface area contributed by atoms with E-state index in [1.54, 1.807) is 24.3 Å². The summed E-state index contributed by atoms with van der Waals surface area (Å²) in [7, 11) is 0. The monoisotopic (exact) mass is 229 g/mol. The maximum absolute atomic E-state index is 10.2. The molecule has 82 valence electrons. The zero-order chi connectivity index (χ0) is 11.3. The Morgan fingerprint density at radius 2 is 2.07 bits per heavy atom. The Morgan fingerprint density at radius 1 is 1.47 bits per heavy atom.